The second-order valence-electron chi connectivity index (χ2n) is 7.48. The van der Waals surface area contributed by atoms with Crippen molar-refractivity contribution in [3.63, 3.8) is 0 Å². The van der Waals surface area contributed by atoms with Crippen LogP contribution in [0.2, 0.25) is 0 Å². The highest BCUT2D eigenvalue weighted by atomic mass is 32.2. The zero-order valence-electron chi connectivity index (χ0n) is 18.3. The summed E-state index contributed by atoms with van der Waals surface area (Å²) in [6.07, 6.45) is 1.49. The van der Waals surface area contributed by atoms with E-state index in [0.29, 0.717) is 27.6 Å². The first-order chi connectivity index (χ1) is 15.8. The fourth-order valence-corrected chi connectivity index (χ4v) is 3.94. The third-order valence-corrected chi connectivity index (χ3v) is 5.92. The summed E-state index contributed by atoms with van der Waals surface area (Å²) in [7, 11) is 0. The topological polar surface area (TPSA) is 122 Å². The number of amides is 2. The van der Waals surface area contributed by atoms with Crippen LogP contribution in [0.25, 0.3) is 16.7 Å². The Morgan fingerprint density at radius 2 is 1.76 bits per heavy atom. The van der Waals surface area contributed by atoms with Gasteiger partial charge in [-0.05, 0) is 55.3 Å². The number of rotatable bonds is 6. The van der Waals surface area contributed by atoms with Gasteiger partial charge in [0, 0.05) is 18.3 Å². The minimum Gasteiger partial charge on any atom is -0.326 e. The molecular formula is C23H22N6O3S. The Morgan fingerprint density at radius 1 is 1.06 bits per heavy atom. The van der Waals surface area contributed by atoms with E-state index in [2.05, 4.69) is 25.7 Å². The summed E-state index contributed by atoms with van der Waals surface area (Å²) in [5.41, 5.74) is 4.36. The van der Waals surface area contributed by atoms with Gasteiger partial charge in [-0.2, -0.15) is 5.10 Å². The minimum absolute atomic E-state index is 0.0551. The Morgan fingerprint density at radius 3 is 2.45 bits per heavy atom. The number of aryl methyl sites for hydroxylation is 1. The first-order valence-corrected chi connectivity index (χ1v) is 11.2. The van der Waals surface area contributed by atoms with E-state index in [4.69, 9.17) is 0 Å². The van der Waals surface area contributed by atoms with Crippen LogP contribution in [0, 0.1) is 13.8 Å². The number of H-pyrrole nitrogens is 1. The van der Waals surface area contributed by atoms with Gasteiger partial charge in [0.2, 0.25) is 11.8 Å². The lowest BCUT2D eigenvalue weighted by atomic mass is 10.1. The summed E-state index contributed by atoms with van der Waals surface area (Å²) >= 11 is 1.13. The highest BCUT2D eigenvalue weighted by Crippen LogP contribution is 2.22. The zero-order valence-corrected chi connectivity index (χ0v) is 19.1. The van der Waals surface area contributed by atoms with E-state index >= 15 is 0 Å². The van der Waals surface area contributed by atoms with Crippen LogP contribution in [-0.4, -0.2) is 37.3 Å². The van der Waals surface area contributed by atoms with Gasteiger partial charge in [0.05, 0.1) is 17.6 Å². The van der Waals surface area contributed by atoms with E-state index in [-0.39, 0.29) is 23.1 Å². The Kier molecular flexibility index (Phi) is 6.27. The Balaban J connectivity index is 1.50. The molecule has 0 unspecified atom stereocenters. The standard InChI is InChI=1S/C23H22N6O3S/c1-13-5-4-6-19(14(13)2)29-21-18(11-24-29)22(32)28-23(27-21)33-12-20(31)26-17-9-7-16(8-10-17)25-15(3)30/h4-11H,12H2,1-3H3,(H,25,30)(H,26,31)(H,27,28,32). The van der Waals surface area contributed by atoms with Crippen LogP contribution in [0.5, 0.6) is 0 Å². The molecule has 2 heterocycles. The van der Waals surface area contributed by atoms with Crippen molar-refractivity contribution in [1.82, 2.24) is 19.7 Å². The van der Waals surface area contributed by atoms with Crippen molar-refractivity contribution in [3.8, 4) is 5.69 Å². The van der Waals surface area contributed by atoms with E-state index in [1.54, 1.807) is 28.9 Å². The zero-order chi connectivity index (χ0) is 23.5. The van der Waals surface area contributed by atoms with Crippen LogP contribution >= 0.6 is 11.8 Å². The van der Waals surface area contributed by atoms with E-state index < -0.39 is 0 Å². The van der Waals surface area contributed by atoms with E-state index in [1.165, 1.54) is 13.1 Å². The molecule has 0 saturated heterocycles. The van der Waals surface area contributed by atoms with Gasteiger partial charge in [-0.1, -0.05) is 23.9 Å². The number of thioether (sulfide) groups is 1. The number of nitrogens with one attached hydrogen (secondary N) is 3. The Labute approximate surface area is 193 Å². The largest absolute Gasteiger partial charge is 0.326 e. The van der Waals surface area contributed by atoms with Gasteiger partial charge in [0.1, 0.15) is 5.39 Å². The van der Waals surface area contributed by atoms with Gasteiger partial charge in [-0.3, -0.25) is 14.4 Å². The molecule has 0 spiro atoms. The number of carbonyl (C=O) groups excluding carboxylic acids is 2. The molecule has 4 rings (SSSR count). The van der Waals surface area contributed by atoms with Crippen LogP contribution in [0.1, 0.15) is 18.1 Å². The molecule has 0 aliphatic carbocycles. The molecule has 0 atom stereocenters. The van der Waals surface area contributed by atoms with Crippen LogP contribution in [0.4, 0.5) is 11.4 Å². The lowest BCUT2D eigenvalue weighted by Crippen LogP contribution is -2.16. The maximum atomic E-state index is 12.5. The maximum Gasteiger partial charge on any atom is 0.262 e. The number of hydrogen-bond donors (Lipinski definition) is 3. The average molecular weight is 463 g/mol. The SMILES string of the molecule is CC(=O)Nc1ccc(NC(=O)CSc2nc3c(cnn3-c3cccc(C)c3C)c(=O)[nH]2)cc1. The quantitative estimate of drug-likeness (QED) is 0.298. The van der Waals surface area contributed by atoms with E-state index in [1.807, 2.05) is 32.0 Å². The van der Waals surface area contributed by atoms with Gasteiger partial charge in [-0.15, -0.1) is 0 Å². The van der Waals surface area contributed by atoms with Crippen LogP contribution in [0.15, 0.2) is 58.6 Å². The van der Waals surface area contributed by atoms with Gasteiger partial charge in [0.15, 0.2) is 10.8 Å². The fourth-order valence-electron chi connectivity index (χ4n) is 3.28. The third kappa shape index (κ3) is 4.96. The molecular weight excluding hydrogens is 440 g/mol. The second-order valence-corrected chi connectivity index (χ2v) is 8.44. The molecule has 168 valence electrons. The smallest absolute Gasteiger partial charge is 0.262 e. The number of aromatic nitrogens is 4. The molecule has 9 nitrogen and oxygen atoms in total. The lowest BCUT2D eigenvalue weighted by molar-refractivity contribution is -0.114. The van der Waals surface area contributed by atoms with Gasteiger partial charge in [0.25, 0.3) is 5.56 Å². The number of carbonyl (C=O) groups is 2. The van der Waals surface area contributed by atoms with Crippen LogP contribution in [-0.2, 0) is 9.59 Å². The number of hydrogen-bond acceptors (Lipinski definition) is 6. The van der Waals surface area contributed by atoms with E-state index in [0.717, 1.165) is 28.6 Å². The Bertz CT molecular complexity index is 1410. The van der Waals surface area contributed by atoms with Crippen molar-refractivity contribution < 1.29 is 9.59 Å². The normalized spacial score (nSPS) is 10.9. The van der Waals surface area contributed by atoms with E-state index in [9.17, 15) is 14.4 Å². The summed E-state index contributed by atoms with van der Waals surface area (Å²) in [5.74, 6) is -0.363. The van der Waals surface area contributed by atoms with Crippen molar-refractivity contribution in [2.24, 2.45) is 0 Å². The van der Waals surface area contributed by atoms with Crippen molar-refractivity contribution in [1.29, 1.82) is 0 Å². The fraction of sp³-hybridized carbons (Fsp3) is 0.174. The van der Waals surface area contributed by atoms with Gasteiger partial charge >= 0.3 is 0 Å². The Hall–Kier alpha value is -3.92. The molecule has 3 N–H and O–H groups in total. The number of anilines is 2. The molecule has 4 aromatic rings. The third-order valence-electron chi connectivity index (χ3n) is 5.05. The summed E-state index contributed by atoms with van der Waals surface area (Å²) in [5, 5.41) is 10.5. The highest BCUT2D eigenvalue weighted by molar-refractivity contribution is 7.99. The molecule has 2 aromatic carbocycles. The number of fused-ring (bicyclic) bond motifs is 1. The van der Waals surface area contributed by atoms with Crippen LogP contribution in [0.3, 0.4) is 0 Å². The number of benzene rings is 2. The van der Waals surface area contributed by atoms with Crippen molar-refractivity contribution in [2.45, 2.75) is 25.9 Å². The molecule has 0 saturated carbocycles. The predicted molar refractivity (Wildman–Crippen MR) is 129 cm³/mol. The van der Waals surface area contributed by atoms with Crippen molar-refractivity contribution in [2.75, 3.05) is 16.4 Å². The summed E-state index contributed by atoms with van der Waals surface area (Å²) in [4.78, 5) is 43.3. The molecule has 0 radical (unpaired) electrons. The molecule has 33 heavy (non-hydrogen) atoms. The van der Waals surface area contributed by atoms with Crippen molar-refractivity contribution in [3.05, 3.63) is 70.1 Å². The molecule has 0 bridgehead atoms. The first-order valence-electron chi connectivity index (χ1n) is 10.2. The average Bonchev–Trinajstić information content (AvgIpc) is 3.20. The maximum absolute atomic E-state index is 12.5. The molecule has 2 aromatic heterocycles. The molecule has 2 amide bonds. The number of aromatic amines is 1. The minimum atomic E-state index is -0.312. The molecule has 0 aliphatic heterocycles. The molecule has 10 heteroatoms. The first kappa shape index (κ1) is 22.3. The summed E-state index contributed by atoms with van der Waals surface area (Å²) in [6, 6.07) is 12.7. The van der Waals surface area contributed by atoms with Crippen LogP contribution < -0.4 is 16.2 Å². The molecule has 0 fully saturated rings. The summed E-state index contributed by atoms with van der Waals surface area (Å²) < 4.78 is 1.65. The lowest BCUT2D eigenvalue weighted by Gasteiger charge is -2.09. The monoisotopic (exact) mass is 462 g/mol. The number of nitrogens with zero attached hydrogens (tertiary/aromatic N) is 3. The highest BCUT2D eigenvalue weighted by Gasteiger charge is 2.14. The van der Waals surface area contributed by atoms with Crippen molar-refractivity contribution >= 4 is 46.0 Å². The predicted octanol–water partition coefficient (Wildman–Crippen LogP) is 3.41. The second kappa shape index (κ2) is 9.29. The van der Waals surface area contributed by atoms with Gasteiger partial charge < -0.3 is 15.6 Å². The van der Waals surface area contributed by atoms with Gasteiger partial charge in [-0.25, -0.2) is 9.67 Å². The molecule has 0 aliphatic rings. The summed E-state index contributed by atoms with van der Waals surface area (Å²) in [6.45, 7) is 5.43.